The summed E-state index contributed by atoms with van der Waals surface area (Å²) in [4.78, 5) is 15.4. The van der Waals surface area contributed by atoms with Crippen LogP contribution in [-0.4, -0.2) is 49.3 Å². The minimum absolute atomic E-state index is 0.0788. The van der Waals surface area contributed by atoms with Gasteiger partial charge in [-0.15, -0.1) is 0 Å². The van der Waals surface area contributed by atoms with Crippen LogP contribution in [0.15, 0.2) is 24.3 Å². The van der Waals surface area contributed by atoms with Crippen molar-refractivity contribution in [2.45, 2.75) is 78.2 Å². The molecule has 30 heavy (non-hydrogen) atoms. The van der Waals surface area contributed by atoms with Crippen LogP contribution in [0, 0.1) is 5.92 Å². The molecule has 0 aliphatic carbocycles. The second kappa shape index (κ2) is 13.0. The topological polar surface area (TPSA) is 50.8 Å². The van der Waals surface area contributed by atoms with Crippen molar-refractivity contribution < 1.29 is 14.3 Å². The minimum atomic E-state index is -0.787. The molecule has 2 atom stereocenters. The Balaban J connectivity index is 1.76. The molecule has 1 aromatic carbocycles. The number of hydrogen-bond acceptors (Lipinski definition) is 4. The molecular weight excluding hydrogens is 376 g/mol. The van der Waals surface area contributed by atoms with Crippen LogP contribution in [-0.2, 0) is 9.53 Å². The maximum absolute atomic E-state index is 12.8. The van der Waals surface area contributed by atoms with Crippen molar-refractivity contribution in [1.29, 1.82) is 0 Å². The summed E-state index contributed by atoms with van der Waals surface area (Å²) in [5, 5.41) is 3.01. The van der Waals surface area contributed by atoms with Crippen LogP contribution in [0.2, 0.25) is 0 Å². The number of carbonyl (C=O) groups excluding carboxylic acids is 1. The van der Waals surface area contributed by atoms with Crippen molar-refractivity contribution in [3.63, 3.8) is 0 Å². The van der Waals surface area contributed by atoms with Gasteiger partial charge >= 0.3 is 0 Å². The molecule has 1 saturated heterocycles. The van der Waals surface area contributed by atoms with Crippen molar-refractivity contribution >= 4 is 11.6 Å². The van der Waals surface area contributed by atoms with E-state index in [-0.39, 0.29) is 5.91 Å². The third-order valence-electron chi connectivity index (χ3n) is 5.94. The van der Waals surface area contributed by atoms with Crippen molar-refractivity contribution in [1.82, 2.24) is 4.90 Å². The molecule has 5 nitrogen and oxygen atoms in total. The Morgan fingerprint density at radius 2 is 1.97 bits per heavy atom. The van der Waals surface area contributed by atoms with Gasteiger partial charge in [0.15, 0.2) is 0 Å². The molecule has 0 bridgehead atoms. The van der Waals surface area contributed by atoms with E-state index < -0.39 is 5.60 Å². The first-order valence-corrected chi connectivity index (χ1v) is 11.9. The zero-order valence-electron chi connectivity index (χ0n) is 19.5. The second-order valence-corrected chi connectivity index (χ2v) is 8.85. The number of nitrogens with one attached hydrogen (secondary N) is 1. The number of unbranched alkanes of at least 4 members (excludes halogenated alkanes) is 2. The number of anilines is 1. The lowest BCUT2D eigenvalue weighted by molar-refractivity contribution is -0.139. The summed E-state index contributed by atoms with van der Waals surface area (Å²) < 4.78 is 11.7. The highest BCUT2D eigenvalue weighted by Crippen LogP contribution is 2.23. The molecule has 0 saturated carbocycles. The number of hydrogen-bond donors (Lipinski definition) is 1. The molecule has 0 unspecified atom stereocenters. The van der Waals surface area contributed by atoms with Gasteiger partial charge < -0.3 is 19.7 Å². The zero-order valence-corrected chi connectivity index (χ0v) is 19.5. The molecule has 0 spiro atoms. The molecule has 0 aromatic heterocycles. The van der Waals surface area contributed by atoms with Gasteiger partial charge in [0.05, 0.1) is 6.61 Å². The third kappa shape index (κ3) is 8.27. The first-order valence-electron chi connectivity index (χ1n) is 11.9. The number of carbonyl (C=O) groups is 1. The molecule has 2 rings (SSSR count). The maximum atomic E-state index is 12.8. The van der Waals surface area contributed by atoms with Gasteiger partial charge in [-0.25, -0.2) is 0 Å². The summed E-state index contributed by atoms with van der Waals surface area (Å²) in [6.45, 7) is 13.1. The fourth-order valence-electron chi connectivity index (χ4n) is 4.15. The largest absolute Gasteiger partial charge is 0.494 e. The quantitative estimate of drug-likeness (QED) is 0.430. The Hall–Kier alpha value is -1.59. The molecule has 1 aliphatic rings. The van der Waals surface area contributed by atoms with Crippen LogP contribution in [0.4, 0.5) is 5.69 Å². The van der Waals surface area contributed by atoms with Gasteiger partial charge in [0.2, 0.25) is 0 Å². The number of amides is 1. The van der Waals surface area contributed by atoms with E-state index in [0.29, 0.717) is 6.61 Å². The van der Waals surface area contributed by atoms with Crippen LogP contribution in [0.3, 0.4) is 0 Å². The molecule has 1 aliphatic heterocycles. The number of piperidine rings is 1. The zero-order chi connectivity index (χ0) is 21.8. The van der Waals surface area contributed by atoms with E-state index in [2.05, 4.69) is 24.1 Å². The Labute approximate surface area is 183 Å². The normalized spacial score (nSPS) is 19.3. The van der Waals surface area contributed by atoms with E-state index in [4.69, 9.17) is 9.47 Å². The maximum Gasteiger partial charge on any atom is 0.256 e. The van der Waals surface area contributed by atoms with E-state index >= 15 is 0 Å². The summed E-state index contributed by atoms with van der Waals surface area (Å²) in [5.74, 6) is 1.58. The SMILES string of the molecule is CCCCC[C@](C)(OCC)C(=O)Nc1ccc(OCCCN2CCC[C@H](C)C2)cc1. The third-order valence-corrected chi connectivity index (χ3v) is 5.94. The Morgan fingerprint density at radius 1 is 1.20 bits per heavy atom. The molecule has 1 N–H and O–H groups in total. The van der Waals surface area contributed by atoms with Gasteiger partial charge in [0, 0.05) is 25.4 Å². The number of benzene rings is 1. The van der Waals surface area contributed by atoms with Crippen LogP contribution in [0.5, 0.6) is 5.75 Å². The Bertz CT molecular complexity index is 619. The monoisotopic (exact) mass is 418 g/mol. The van der Waals surface area contributed by atoms with Crippen molar-refractivity contribution in [3.05, 3.63) is 24.3 Å². The molecule has 1 heterocycles. The summed E-state index contributed by atoms with van der Waals surface area (Å²) in [6, 6.07) is 7.65. The fourth-order valence-corrected chi connectivity index (χ4v) is 4.15. The predicted molar refractivity (Wildman–Crippen MR) is 124 cm³/mol. The average molecular weight is 419 g/mol. The summed E-state index contributed by atoms with van der Waals surface area (Å²) >= 11 is 0. The summed E-state index contributed by atoms with van der Waals surface area (Å²) in [5.41, 5.74) is -0.0125. The fraction of sp³-hybridized carbons (Fsp3) is 0.720. The standard InChI is InChI=1S/C25H42N2O3/c1-5-7-8-16-25(4,30-6-2)24(28)26-22-12-14-23(15-13-22)29-19-10-18-27-17-9-11-21(3)20-27/h12-15,21H,5-11,16-20H2,1-4H3,(H,26,28)/t21-,25-/m0/s1. The number of likely N-dealkylation sites (tertiary alicyclic amines) is 1. The molecule has 1 fully saturated rings. The molecule has 5 heteroatoms. The lowest BCUT2D eigenvalue weighted by Gasteiger charge is -2.30. The van der Waals surface area contributed by atoms with E-state index in [1.807, 2.05) is 38.1 Å². The second-order valence-electron chi connectivity index (χ2n) is 8.85. The van der Waals surface area contributed by atoms with Gasteiger partial charge in [-0.1, -0.05) is 33.1 Å². The molecular formula is C25H42N2O3. The Kier molecular flexibility index (Phi) is 10.7. The number of ether oxygens (including phenoxy) is 2. The first kappa shape index (κ1) is 24.7. The lowest BCUT2D eigenvalue weighted by Crippen LogP contribution is -2.42. The highest BCUT2D eigenvalue weighted by atomic mass is 16.5. The molecule has 1 amide bonds. The van der Waals surface area contributed by atoms with Gasteiger partial charge in [-0.05, 0) is 76.3 Å². The van der Waals surface area contributed by atoms with E-state index in [1.54, 1.807) is 0 Å². The molecule has 0 radical (unpaired) electrons. The Morgan fingerprint density at radius 3 is 2.63 bits per heavy atom. The smallest absolute Gasteiger partial charge is 0.256 e. The lowest BCUT2D eigenvalue weighted by atomic mass is 9.96. The van der Waals surface area contributed by atoms with E-state index in [1.165, 1.54) is 25.9 Å². The first-order chi connectivity index (χ1) is 14.5. The summed E-state index contributed by atoms with van der Waals surface area (Å²) in [6.07, 6.45) is 7.67. The van der Waals surface area contributed by atoms with Gasteiger partial charge in [0.1, 0.15) is 11.4 Å². The average Bonchev–Trinajstić information content (AvgIpc) is 2.73. The highest BCUT2D eigenvalue weighted by molar-refractivity contribution is 5.97. The van der Waals surface area contributed by atoms with E-state index in [9.17, 15) is 4.79 Å². The highest BCUT2D eigenvalue weighted by Gasteiger charge is 2.33. The van der Waals surface area contributed by atoms with Crippen LogP contribution < -0.4 is 10.1 Å². The van der Waals surface area contributed by atoms with Gasteiger partial charge in [-0.3, -0.25) is 4.79 Å². The summed E-state index contributed by atoms with van der Waals surface area (Å²) in [7, 11) is 0. The van der Waals surface area contributed by atoms with Gasteiger partial charge in [0.25, 0.3) is 5.91 Å². The molecule has 170 valence electrons. The van der Waals surface area contributed by atoms with Crippen LogP contribution >= 0.6 is 0 Å². The van der Waals surface area contributed by atoms with Crippen LogP contribution in [0.25, 0.3) is 0 Å². The van der Waals surface area contributed by atoms with E-state index in [0.717, 1.165) is 62.6 Å². The van der Waals surface area contributed by atoms with Crippen molar-refractivity contribution in [2.75, 3.05) is 38.2 Å². The van der Waals surface area contributed by atoms with Crippen LogP contribution in [0.1, 0.15) is 72.6 Å². The van der Waals surface area contributed by atoms with Crippen molar-refractivity contribution in [2.24, 2.45) is 5.92 Å². The van der Waals surface area contributed by atoms with Gasteiger partial charge in [-0.2, -0.15) is 0 Å². The molecule has 1 aromatic rings. The van der Waals surface area contributed by atoms with Crippen molar-refractivity contribution in [3.8, 4) is 5.75 Å². The number of rotatable bonds is 13. The predicted octanol–water partition coefficient (Wildman–Crippen LogP) is 5.50. The number of nitrogens with zero attached hydrogens (tertiary/aromatic N) is 1. The minimum Gasteiger partial charge on any atom is -0.494 e.